The number of esters is 1. The zero-order valence-electron chi connectivity index (χ0n) is 10.7. The molecule has 96 valence electrons. The summed E-state index contributed by atoms with van der Waals surface area (Å²) in [6, 6.07) is 7.81. The van der Waals surface area contributed by atoms with Crippen molar-refractivity contribution in [1.29, 1.82) is 0 Å². The Hall–Kier alpha value is -1.84. The van der Waals surface area contributed by atoms with Gasteiger partial charge >= 0.3 is 5.97 Å². The monoisotopic (exact) mass is 247 g/mol. The van der Waals surface area contributed by atoms with Crippen molar-refractivity contribution >= 4 is 17.6 Å². The molecule has 18 heavy (non-hydrogen) atoms. The van der Waals surface area contributed by atoms with Crippen LogP contribution in [0, 0.1) is 5.92 Å². The van der Waals surface area contributed by atoms with Gasteiger partial charge in [-0.1, -0.05) is 25.1 Å². The number of carbonyl (C=O) groups excluding carboxylic acids is 2. The molecule has 1 aromatic rings. The molecule has 4 nitrogen and oxygen atoms in total. The first-order chi connectivity index (χ1) is 8.69. The highest BCUT2D eigenvalue weighted by atomic mass is 16.5. The smallest absolute Gasteiger partial charge is 0.318 e. The fourth-order valence-electron chi connectivity index (χ4n) is 2.34. The maximum absolute atomic E-state index is 12.4. The molecule has 1 aromatic carbocycles. The molecule has 1 aliphatic heterocycles. The Labute approximate surface area is 107 Å². The zero-order chi connectivity index (χ0) is 13.1. The van der Waals surface area contributed by atoms with E-state index < -0.39 is 11.9 Å². The summed E-state index contributed by atoms with van der Waals surface area (Å²) in [5, 5.41) is 0. The number of rotatable bonds is 3. The van der Waals surface area contributed by atoms with Gasteiger partial charge in [-0.05, 0) is 24.5 Å². The summed E-state index contributed by atoms with van der Waals surface area (Å²) >= 11 is 0. The van der Waals surface area contributed by atoms with Crippen molar-refractivity contribution in [2.75, 3.05) is 18.6 Å². The third kappa shape index (κ3) is 2.10. The van der Waals surface area contributed by atoms with E-state index in [4.69, 9.17) is 0 Å². The van der Waals surface area contributed by atoms with Crippen molar-refractivity contribution in [3.8, 4) is 0 Å². The molecule has 0 aliphatic carbocycles. The van der Waals surface area contributed by atoms with Gasteiger partial charge in [0.05, 0.1) is 7.11 Å². The molecule has 0 aromatic heterocycles. The molecule has 1 amide bonds. The molecule has 0 saturated carbocycles. The molecular formula is C14H17NO3. The quantitative estimate of drug-likeness (QED) is 0.604. The summed E-state index contributed by atoms with van der Waals surface area (Å²) in [7, 11) is 1.32. The normalized spacial score (nSPS) is 15.1. The van der Waals surface area contributed by atoms with Crippen molar-refractivity contribution in [2.45, 2.75) is 19.8 Å². The van der Waals surface area contributed by atoms with E-state index in [1.54, 1.807) is 4.90 Å². The summed E-state index contributed by atoms with van der Waals surface area (Å²) in [6.07, 6.45) is 1.31. The summed E-state index contributed by atoms with van der Waals surface area (Å²) in [6.45, 7) is 2.47. The number of ether oxygens (including phenoxy) is 1. The van der Waals surface area contributed by atoms with Gasteiger partial charge in [-0.3, -0.25) is 9.59 Å². The molecule has 0 N–H and O–H groups in total. The Morgan fingerprint density at radius 1 is 1.39 bits per heavy atom. The van der Waals surface area contributed by atoms with Gasteiger partial charge in [-0.15, -0.1) is 0 Å². The Morgan fingerprint density at radius 2 is 2.11 bits per heavy atom. The Balaban J connectivity index is 2.23. The lowest BCUT2D eigenvalue weighted by molar-refractivity contribution is -0.149. The van der Waals surface area contributed by atoms with Gasteiger partial charge in [0, 0.05) is 12.2 Å². The highest BCUT2D eigenvalue weighted by Gasteiger charge is 2.33. The van der Waals surface area contributed by atoms with Crippen molar-refractivity contribution in [2.24, 2.45) is 5.92 Å². The van der Waals surface area contributed by atoms with Crippen LogP contribution < -0.4 is 4.90 Å². The molecule has 0 bridgehead atoms. The number of nitrogens with zero attached hydrogens (tertiary/aromatic N) is 1. The first kappa shape index (κ1) is 12.6. The molecule has 0 saturated heterocycles. The summed E-state index contributed by atoms with van der Waals surface area (Å²) in [4.78, 5) is 25.6. The predicted molar refractivity (Wildman–Crippen MR) is 68.3 cm³/mol. The highest BCUT2D eigenvalue weighted by molar-refractivity contribution is 6.07. The number of methoxy groups -OCH3 is 1. The number of anilines is 1. The lowest BCUT2D eigenvalue weighted by Crippen LogP contribution is -2.38. The number of carbonyl (C=O) groups is 2. The van der Waals surface area contributed by atoms with E-state index in [-0.39, 0.29) is 5.91 Å². The van der Waals surface area contributed by atoms with Gasteiger partial charge in [-0.25, -0.2) is 0 Å². The van der Waals surface area contributed by atoms with Gasteiger partial charge in [0.15, 0.2) is 0 Å². The standard InChI is InChI=1S/C14H17NO3/c1-3-11(14(17)18-2)13(16)15-9-8-10-6-4-5-7-12(10)15/h4-7,11H,3,8-9H2,1-2H3. The maximum atomic E-state index is 12.4. The van der Waals surface area contributed by atoms with Crippen molar-refractivity contribution in [3.63, 3.8) is 0 Å². The SMILES string of the molecule is CCC(C(=O)OC)C(=O)N1CCc2ccccc21. The van der Waals surface area contributed by atoms with E-state index in [2.05, 4.69) is 4.74 Å². The number of hydrogen-bond donors (Lipinski definition) is 0. The summed E-state index contributed by atoms with van der Waals surface area (Å²) in [5.74, 6) is -1.30. The fourth-order valence-corrected chi connectivity index (χ4v) is 2.34. The van der Waals surface area contributed by atoms with E-state index in [0.717, 1.165) is 17.7 Å². The van der Waals surface area contributed by atoms with Crippen LogP contribution >= 0.6 is 0 Å². The van der Waals surface area contributed by atoms with Gasteiger partial charge in [0.1, 0.15) is 5.92 Å². The largest absolute Gasteiger partial charge is 0.468 e. The van der Waals surface area contributed by atoms with Crippen LogP contribution in [0.15, 0.2) is 24.3 Å². The molecule has 1 atom stereocenters. The van der Waals surface area contributed by atoms with Crippen LogP contribution in [-0.2, 0) is 20.7 Å². The third-order valence-electron chi connectivity index (χ3n) is 3.35. The zero-order valence-corrected chi connectivity index (χ0v) is 10.7. The minimum absolute atomic E-state index is 0.158. The van der Waals surface area contributed by atoms with Crippen LogP contribution in [0.1, 0.15) is 18.9 Å². The Morgan fingerprint density at radius 3 is 2.78 bits per heavy atom. The number of amides is 1. The van der Waals surface area contributed by atoms with E-state index in [1.807, 2.05) is 31.2 Å². The first-order valence-corrected chi connectivity index (χ1v) is 6.16. The van der Waals surface area contributed by atoms with Gasteiger partial charge < -0.3 is 9.64 Å². The minimum Gasteiger partial charge on any atom is -0.468 e. The average Bonchev–Trinajstić information content (AvgIpc) is 2.82. The van der Waals surface area contributed by atoms with Crippen molar-refractivity contribution < 1.29 is 14.3 Å². The lowest BCUT2D eigenvalue weighted by atomic mass is 10.1. The molecule has 0 spiro atoms. The minimum atomic E-state index is -0.693. The second kappa shape index (κ2) is 5.21. The van der Waals surface area contributed by atoms with Crippen LogP contribution in [0.2, 0.25) is 0 Å². The Bertz CT molecular complexity index is 470. The number of fused-ring (bicyclic) bond motifs is 1. The van der Waals surface area contributed by atoms with E-state index in [1.165, 1.54) is 7.11 Å². The third-order valence-corrected chi connectivity index (χ3v) is 3.35. The lowest BCUT2D eigenvalue weighted by Gasteiger charge is -2.21. The number of hydrogen-bond acceptors (Lipinski definition) is 3. The average molecular weight is 247 g/mol. The molecule has 2 rings (SSSR count). The molecule has 0 radical (unpaired) electrons. The second-order valence-electron chi connectivity index (χ2n) is 4.35. The molecule has 0 fully saturated rings. The van der Waals surface area contributed by atoms with Crippen LogP contribution in [0.3, 0.4) is 0 Å². The van der Waals surface area contributed by atoms with Crippen LogP contribution in [0.5, 0.6) is 0 Å². The number of benzene rings is 1. The summed E-state index contributed by atoms with van der Waals surface area (Å²) in [5.41, 5.74) is 2.08. The maximum Gasteiger partial charge on any atom is 0.318 e. The first-order valence-electron chi connectivity index (χ1n) is 6.16. The topological polar surface area (TPSA) is 46.6 Å². The van der Waals surface area contributed by atoms with Crippen LogP contribution in [0.4, 0.5) is 5.69 Å². The molecule has 1 aliphatic rings. The van der Waals surface area contributed by atoms with E-state index in [9.17, 15) is 9.59 Å². The van der Waals surface area contributed by atoms with Crippen molar-refractivity contribution in [3.05, 3.63) is 29.8 Å². The van der Waals surface area contributed by atoms with Crippen molar-refractivity contribution in [1.82, 2.24) is 0 Å². The molecule has 4 heteroatoms. The van der Waals surface area contributed by atoms with Gasteiger partial charge in [0.25, 0.3) is 0 Å². The second-order valence-corrected chi connectivity index (χ2v) is 4.35. The molecular weight excluding hydrogens is 230 g/mol. The molecule has 1 heterocycles. The Kier molecular flexibility index (Phi) is 3.65. The van der Waals surface area contributed by atoms with Crippen LogP contribution in [-0.4, -0.2) is 25.5 Å². The summed E-state index contributed by atoms with van der Waals surface area (Å²) < 4.78 is 4.69. The molecule has 1 unspecified atom stereocenters. The number of para-hydroxylation sites is 1. The van der Waals surface area contributed by atoms with Gasteiger partial charge in [-0.2, -0.15) is 0 Å². The van der Waals surface area contributed by atoms with E-state index >= 15 is 0 Å². The van der Waals surface area contributed by atoms with Gasteiger partial charge in [0.2, 0.25) is 5.91 Å². The van der Waals surface area contributed by atoms with Crippen LogP contribution in [0.25, 0.3) is 0 Å². The highest BCUT2D eigenvalue weighted by Crippen LogP contribution is 2.29. The van der Waals surface area contributed by atoms with E-state index in [0.29, 0.717) is 13.0 Å². The predicted octanol–water partition coefficient (Wildman–Crippen LogP) is 1.77. The fraction of sp³-hybridized carbons (Fsp3) is 0.429.